The van der Waals surface area contributed by atoms with Gasteiger partial charge in [0, 0.05) is 18.2 Å². The lowest BCUT2D eigenvalue weighted by Crippen LogP contribution is -2.41. The first-order chi connectivity index (χ1) is 13.2. The Morgan fingerprint density at radius 3 is 2.71 bits per heavy atom. The van der Waals surface area contributed by atoms with Gasteiger partial charge >= 0.3 is 6.61 Å². The highest BCUT2D eigenvalue weighted by molar-refractivity contribution is 5.98. The number of aromatic nitrogens is 1. The van der Waals surface area contributed by atoms with Crippen LogP contribution in [0, 0.1) is 5.82 Å². The Kier molecular flexibility index (Phi) is 6.77. The second-order valence-electron chi connectivity index (χ2n) is 5.74. The van der Waals surface area contributed by atoms with Crippen molar-refractivity contribution in [2.24, 2.45) is 11.6 Å². The Bertz CT molecular complexity index is 866. The summed E-state index contributed by atoms with van der Waals surface area (Å²) in [7, 11) is 0. The van der Waals surface area contributed by atoms with Gasteiger partial charge in [0.25, 0.3) is 5.91 Å². The molecule has 2 rings (SSSR count). The molecule has 0 radical (unpaired) electrons. The van der Waals surface area contributed by atoms with E-state index in [1.807, 2.05) is 0 Å². The molecule has 8 nitrogen and oxygen atoms in total. The van der Waals surface area contributed by atoms with E-state index in [1.54, 1.807) is 6.92 Å². The third-order valence-corrected chi connectivity index (χ3v) is 3.70. The first kappa shape index (κ1) is 21.0. The number of pyridine rings is 1. The van der Waals surface area contributed by atoms with Crippen LogP contribution < -0.4 is 26.6 Å². The quantitative estimate of drug-likeness (QED) is 0.337. The van der Waals surface area contributed by atoms with Gasteiger partial charge in [0.15, 0.2) is 11.6 Å². The molecule has 0 fully saturated rings. The molecule has 0 aliphatic rings. The van der Waals surface area contributed by atoms with E-state index >= 15 is 0 Å². The van der Waals surface area contributed by atoms with Crippen molar-refractivity contribution in [1.29, 1.82) is 0 Å². The fourth-order valence-corrected chi connectivity index (χ4v) is 2.29. The number of nitrogens with zero attached hydrogens (tertiary/aromatic N) is 2. The highest BCUT2D eigenvalue weighted by Crippen LogP contribution is 2.27. The number of alkyl halides is 2. The van der Waals surface area contributed by atoms with E-state index < -0.39 is 24.4 Å². The lowest BCUT2D eigenvalue weighted by Gasteiger charge is -2.25. The van der Waals surface area contributed by atoms with Gasteiger partial charge in [-0.05, 0) is 25.1 Å². The molecule has 11 heteroatoms. The number of rotatable bonds is 9. The van der Waals surface area contributed by atoms with Crippen molar-refractivity contribution in [2.45, 2.75) is 26.0 Å². The SMILES string of the molecule is C[C@H](CC=O)N(N)c1nc(Nc2cccc(OC(F)F)c2)c(C(N)=O)cc1F. The van der Waals surface area contributed by atoms with Crippen molar-refractivity contribution >= 4 is 29.5 Å². The topological polar surface area (TPSA) is 124 Å². The van der Waals surface area contributed by atoms with Crippen molar-refractivity contribution in [3.05, 3.63) is 41.7 Å². The van der Waals surface area contributed by atoms with Crippen LogP contribution in [0.2, 0.25) is 0 Å². The van der Waals surface area contributed by atoms with Crippen LogP contribution in [0.1, 0.15) is 23.7 Å². The molecular formula is C17H18F3N5O3. The van der Waals surface area contributed by atoms with Gasteiger partial charge in [-0.15, -0.1) is 0 Å². The first-order valence-corrected chi connectivity index (χ1v) is 8.02. The Labute approximate surface area is 158 Å². The summed E-state index contributed by atoms with van der Waals surface area (Å²) in [5.41, 5.74) is 5.22. The summed E-state index contributed by atoms with van der Waals surface area (Å²) in [6, 6.07) is 5.73. The minimum Gasteiger partial charge on any atom is -0.435 e. The average molecular weight is 397 g/mol. The van der Waals surface area contributed by atoms with Crippen molar-refractivity contribution in [3.8, 4) is 5.75 Å². The summed E-state index contributed by atoms with van der Waals surface area (Å²) < 4.78 is 43.4. The number of anilines is 3. The minimum absolute atomic E-state index is 0.0188. The molecule has 0 saturated heterocycles. The van der Waals surface area contributed by atoms with Gasteiger partial charge in [-0.2, -0.15) is 8.78 Å². The van der Waals surface area contributed by atoms with Gasteiger partial charge in [0.1, 0.15) is 17.9 Å². The molecule has 2 aromatic rings. The fraction of sp³-hybridized carbons (Fsp3) is 0.235. The van der Waals surface area contributed by atoms with Crippen molar-refractivity contribution in [1.82, 2.24) is 4.98 Å². The Morgan fingerprint density at radius 2 is 2.11 bits per heavy atom. The van der Waals surface area contributed by atoms with Crippen LogP contribution in [0.25, 0.3) is 0 Å². The second kappa shape index (κ2) is 9.04. The van der Waals surface area contributed by atoms with Crippen LogP contribution in [-0.2, 0) is 4.79 Å². The number of hydrogen-bond donors (Lipinski definition) is 3. The number of nitrogens with one attached hydrogen (secondary N) is 1. The average Bonchev–Trinajstić information content (AvgIpc) is 2.62. The minimum atomic E-state index is -3.02. The van der Waals surface area contributed by atoms with Gasteiger partial charge in [0.05, 0.1) is 11.6 Å². The van der Waals surface area contributed by atoms with Crippen molar-refractivity contribution in [2.75, 3.05) is 10.3 Å². The fourth-order valence-electron chi connectivity index (χ4n) is 2.29. The number of nitrogens with two attached hydrogens (primary N) is 2. The van der Waals surface area contributed by atoms with E-state index in [0.717, 1.165) is 11.1 Å². The summed E-state index contributed by atoms with van der Waals surface area (Å²) in [6.45, 7) is -1.44. The molecule has 0 unspecified atom stereocenters. The first-order valence-electron chi connectivity index (χ1n) is 8.02. The summed E-state index contributed by atoms with van der Waals surface area (Å²) in [5.74, 6) is 3.31. The van der Waals surface area contributed by atoms with Gasteiger partial charge in [-0.1, -0.05) is 6.07 Å². The summed E-state index contributed by atoms with van der Waals surface area (Å²) in [4.78, 5) is 26.3. The number of hydrogen-bond acceptors (Lipinski definition) is 7. The Hall–Kier alpha value is -3.34. The number of halogens is 3. The van der Waals surface area contributed by atoms with E-state index in [-0.39, 0.29) is 35.1 Å². The Balaban J connectivity index is 2.43. The molecule has 0 bridgehead atoms. The normalized spacial score (nSPS) is 11.8. The van der Waals surface area contributed by atoms with Gasteiger partial charge in [-0.25, -0.2) is 15.2 Å². The number of primary amides is 1. The molecule has 0 aliphatic heterocycles. The number of benzene rings is 1. The number of carbonyl (C=O) groups is 2. The smallest absolute Gasteiger partial charge is 0.387 e. The maximum Gasteiger partial charge on any atom is 0.387 e. The molecule has 1 heterocycles. The molecule has 1 amide bonds. The van der Waals surface area contributed by atoms with E-state index in [9.17, 15) is 22.8 Å². The maximum absolute atomic E-state index is 14.4. The van der Waals surface area contributed by atoms with Gasteiger partial charge in [-0.3, -0.25) is 9.80 Å². The van der Waals surface area contributed by atoms with Crippen molar-refractivity contribution in [3.63, 3.8) is 0 Å². The molecule has 0 aliphatic carbocycles. The maximum atomic E-state index is 14.4. The number of hydrazine groups is 1. The molecule has 1 aromatic heterocycles. The molecule has 0 spiro atoms. The number of amides is 1. The predicted molar refractivity (Wildman–Crippen MR) is 95.9 cm³/mol. The summed E-state index contributed by atoms with van der Waals surface area (Å²) in [6.07, 6.45) is 0.638. The van der Waals surface area contributed by atoms with Crippen LogP contribution in [0.4, 0.5) is 30.5 Å². The molecule has 5 N–H and O–H groups in total. The number of carbonyl (C=O) groups excluding carboxylic acids is 2. The van der Waals surface area contributed by atoms with Gasteiger partial charge < -0.3 is 20.6 Å². The number of aldehydes is 1. The zero-order chi connectivity index (χ0) is 20.8. The zero-order valence-corrected chi connectivity index (χ0v) is 14.7. The predicted octanol–water partition coefficient (Wildman–Crippen LogP) is 2.32. The highest BCUT2D eigenvalue weighted by Gasteiger charge is 2.21. The van der Waals surface area contributed by atoms with Crippen LogP contribution in [0.5, 0.6) is 5.75 Å². The van der Waals surface area contributed by atoms with E-state index in [4.69, 9.17) is 11.6 Å². The lowest BCUT2D eigenvalue weighted by molar-refractivity contribution is -0.108. The molecule has 150 valence electrons. The molecule has 1 aromatic carbocycles. The second-order valence-corrected chi connectivity index (χ2v) is 5.74. The molecule has 0 saturated carbocycles. The standard InChI is InChI=1S/C17H18F3N5O3/c1-9(5-6-26)25(22)16-13(18)8-12(14(21)27)15(24-16)23-10-3-2-4-11(7-10)28-17(19)20/h2-4,6-9,17H,5,22H2,1H3,(H2,21,27)(H,23,24)/t9-/m1/s1. The monoisotopic (exact) mass is 397 g/mol. The molecule has 28 heavy (non-hydrogen) atoms. The van der Waals surface area contributed by atoms with Crippen molar-refractivity contribution < 1.29 is 27.5 Å². The zero-order valence-electron chi connectivity index (χ0n) is 14.7. The molecule has 1 atom stereocenters. The van der Waals surface area contributed by atoms with E-state index in [1.165, 1.54) is 24.3 Å². The summed E-state index contributed by atoms with van der Waals surface area (Å²) >= 11 is 0. The van der Waals surface area contributed by atoms with Crippen LogP contribution in [-0.4, -0.2) is 29.8 Å². The van der Waals surface area contributed by atoms with Crippen LogP contribution >= 0.6 is 0 Å². The lowest BCUT2D eigenvalue weighted by atomic mass is 10.2. The summed E-state index contributed by atoms with van der Waals surface area (Å²) in [5, 5.41) is 3.65. The van der Waals surface area contributed by atoms with Gasteiger partial charge in [0.2, 0.25) is 0 Å². The molecular weight excluding hydrogens is 379 g/mol. The third kappa shape index (κ3) is 5.10. The number of ether oxygens (including phenoxy) is 1. The largest absolute Gasteiger partial charge is 0.435 e. The van der Waals surface area contributed by atoms with Crippen LogP contribution in [0.3, 0.4) is 0 Å². The third-order valence-electron chi connectivity index (χ3n) is 3.70. The van der Waals surface area contributed by atoms with E-state index in [0.29, 0.717) is 6.29 Å². The van der Waals surface area contributed by atoms with E-state index in [2.05, 4.69) is 15.0 Å². The Morgan fingerprint density at radius 1 is 1.39 bits per heavy atom. The van der Waals surface area contributed by atoms with Crippen LogP contribution in [0.15, 0.2) is 30.3 Å². The highest BCUT2D eigenvalue weighted by atomic mass is 19.3.